The van der Waals surface area contributed by atoms with Gasteiger partial charge in [-0.15, -0.1) is 0 Å². The van der Waals surface area contributed by atoms with Crippen LogP contribution in [0.15, 0.2) is 28.7 Å². The summed E-state index contributed by atoms with van der Waals surface area (Å²) >= 11 is 5.97. The lowest BCUT2D eigenvalue weighted by Crippen LogP contribution is -2.22. The number of nitrogens with zero attached hydrogens (tertiary/aromatic N) is 1. The zero-order chi connectivity index (χ0) is 14.0. The average molecular weight is 452 g/mol. The van der Waals surface area contributed by atoms with Gasteiger partial charge in [0.2, 0.25) is 0 Å². The number of rotatable bonds is 5. The molecule has 0 amide bonds. The van der Waals surface area contributed by atoms with Crippen molar-refractivity contribution in [2.24, 2.45) is 0 Å². The van der Waals surface area contributed by atoms with Crippen molar-refractivity contribution in [2.45, 2.75) is 32.4 Å². The van der Waals surface area contributed by atoms with Gasteiger partial charge in [0, 0.05) is 24.5 Å². The van der Waals surface area contributed by atoms with Crippen molar-refractivity contribution >= 4 is 57.5 Å². The van der Waals surface area contributed by atoms with E-state index in [-0.39, 0.29) is 0 Å². The molecular formula is C14H19BrINOSi. The van der Waals surface area contributed by atoms with Crippen LogP contribution in [0.4, 0.5) is 0 Å². The predicted molar refractivity (Wildman–Crippen MR) is 96.5 cm³/mol. The number of hydrogen-bond donors (Lipinski definition) is 0. The fourth-order valence-corrected chi connectivity index (χ4v) is 3.82. The highest BCUT2D eigenvalue weighted by atomic mass is 127. The van der Waals surface area contributed by atoms with E-state index < -0.39 is 8.07 Å². The Hall–Kier alpha value is 0.147. The van der Waals surface area contributed by atoms with Crippen molar-refractivity contribution in [1.82, 2.24) is 4.57 Å². The summed E-state index contributed by atoms with van der Waals surface area (Å²) in [6, 6.07) is 9.70. The Balaban J connectivity index is 2.09. The lowest BCUT2D eigenvalue weighted by molar-refractivity contribution is 0.0887. The topological polar surface area (TPSA) is 14.2 Å². The summed E-state index contributed by atoms with van der Waals surface area (Å²) in [5.41, 5.74) is 1.23. The largest absolute Gasteiger partial charge is 0.361 e. The van der Waals surface area contributed by atoms with Crippen molar-refractivity contribution < 1.29 is 4.74 Å². The highest BCUT2D eigenvalue weighted by Crippen LogP contribution is 2.28. The Morgan fingerprint density at radius 1 is 1.32 bits per heavy atom. The van der Waals surface area contributed by atoms with Gasteiger partial charge >= 0.3 is 0 Å². The maximum absolute atomic E-state index is 5.86. The molecule has 0 saturated carbocycles. The van der Waals surface area contributed by atoms with E-state index in [1.54, 1.807) is 0 Å². The van der Waals surface area contributed by atoms with E-state index in [1.807, 2.05) is 0 Å². The SMILES string of the molecule is C[Si](C)(C)CCOCn1c(I)cc2c(Br)cccc21. The zero-order valence-electron chi connectivity index (χ0n) is 11.5. The van der Waals surface area contributed by atoms with Gasteiger partial charge in [0.15, 0.2) is 0 Å². The van der Waals surface area contributed by atoms with Crippen LogP contribution in [0.5, 0.6) is 0 Å². The van der Waals surface area contributed by atoms with Gasteiger partial charge in [0.25, 0.3) is 0 Å². The summed E-state index contributed by atoms with van der Waals surface area (Å²) in [4.78, 5) is 0. The maximum atomic E-state index is 5.86. The Morgan fingerprint density at radius 2 is 2.05 bits per heavy atom. The third-order valence-corrected chi connectivity index (χ3v) is 6.35. The lowest BCUT2D eigenvalue weighted by Gasteiger charge is -2.16. The quantitative estimate of drug-likeness (QED) is 0.341. The van der Waals surface area contributed by atoms with Crippen LogP contribution in [0, 0.1) is 3.70 Å². The number of aromatic nitrogens is 1. The summed E-state index contributed by atoms with van der Waals surface area (Å²) in [5.74, 6) is 0. The van der Waals surface area contributed by atoms with Gasteiger partial charge in [-0.2, -0.15) is 0 Å². The van der Waals surface area contributed by atoms with Crippen LogP contribution in [0.2, 0.25) is 25.7 Å². The molecule has 1 aromatic heterocycles. The normalized spacial score (nSPS) is 12.3. The van der Waals surface area contributed by atoms with E-state index in [1.165, 1.54) is 20.6 Å². The first-order chi connectivity index (χ1) is 8.88. The van der Waals surface area contributed by atoms with E-state index in [0.717, 1.165) is 11.1 Å². The first-order valence-corrected chi connectivity index (χ1v) is 12.0. The molecule has 0 unspecified atom stereocenters. The molecule has 0 N–H and O–H groups in total. The van der Waals surface area contributed by atoms with Gasteiger partial charge in [-0.1, -0.05) is 41.6 Å². The highest BCUT2D eigenvalue weighted by molar-refractivity contribution is 14.1. The molecule has 2 aromatic rings. The second kappa shape index (κ2) is 6.28. The predicted octanol–water partition coefficient (Wildman–Crippen LogP) is 5.32. The summed E-state index contributed by atoms with van der Waals surface area (Å²) in [6.07, 6.45) is 0. The van der Waals surface area contributed by atoms with E-state index in [9.17, 15) is 0 Å². The fraction of sp³-hybridized carbons (Fsp3) is 0.429. The van der Waals surface area contributed by atoms with Gasteiger partial charge in [-0.05, 0) is 46.8 Å². The lowest BCUT2D eigenvalue weighted by atomic mass is 10.2. The van der Waals surface area contributed by atoms with Crippen LogP contribution in [0.1, 0.15) is 0 Å². The molecule has 0 aliphatic rings. The number of fused-ring (bicyclic) bond motifs is 1. The standard InChI is InChI=1S/C14H19BrINOSi/c1-19(2,3)8-7-18-10-17-13-6-4-5-12(15)11(13)9-14(17)16/h4-6,9H,7-8,10H2,1-3H3. The van der Waals surface area contributed by atoms with Crippen molar-refractivity contribution in [3.05, 3.63) is 32.4 Å². The first-order valence-electron chi connectivity index (χ1n) is 6.39. The Morgan fingerprint density at radius 3 is 2.74 bits per heavy atom. The van der Waals surface area contributed by atoms with Gasteiger partial charge < -0.3 is 9.30 Å². The molecule has 1 heterocycles. The molecule has 104 valence electrons. The summed E-state index contributed by atoms with van der Waals surface area (Å²) in [6.45, 7) is 8.63. The van der Waals surface area contributed by atoms with E-state index in [0.29, 0.717) is 6.73 Å². The molecular weight excluding hydrogens is 433 g/mol. The van der Waals surface area contributed by atoms with Gasteiger partial charge in [0.1, 0.15) is 6.73 Å². The summed E-state index contributed by atoms with van der Waals surface area (Å²) in [7, 11) is -0.999. The number of benzene rings is 1. The van der Waals surface area contributed by atoms with Crippen LogP contribution in [0.3, 0.4) is 0 Å². The van der Waals surface area contributed by atoms with Crippen LogP contribution in [0.25, 0.3) is 10.9 Å². The van der Waals surface area contributed by atoms with E-state index in [2.05, 4.69) is 87.0 Å². The number of halogens is 2. The fourth-order valence-electron chi connectivity index (χ4n) is 1.88. The van der Waals surface area contributed by atoms with Gasteiger partial charge in [-0.25, -0.2) is 0 Å². The molecule has 2 nitrogen and oxygen atoms in total. The van der Waals surface area contributed by atoms with Gasteiger partial charge in [0.05, 0.1) is 9.22 Å². The molecule has 0 fully saturated rings. The van der Waals surface area contributed by atoms with Crippen LogP contribution in [-0.4, -0.2) is 19.2 Å². The van der Waals surface area contributed by atoms with Crippen molar-refractivity contribution in [3.63, 3.8) is 0 Å². The average Bonchev–Trinajstić information content (AvgIpc) is 2.62. The molecule has 19 heavy (non-hydrogen) atoms. The molecule has 0 aliphatic heterocycles. The monoisotopic (exact) mass is 451 g/mol. The van der Waals surface area contributed by atoms with Gasteiger partial charge in [-0.3, -0.25) is 0 Å². The van der Waals surface area contributed by atoms with Crippen LogP contribution in [-0.2, 0) is 11.5 Å². The minimum Gasteiger partial charge on any atom is -0.361 e. The zero-order valence-corrected chi connectivity index (χ0v) is 16.3. The van der Waals surface area contributed by atoms with E-state index in [4.69, 9.17) is 4.74 Å². The highest BCUT2D eigenvalue weighted by Gasteiger charge is 2.13. The number of hydrogen-bond acceptors (Lipinski definition) is 1. The molecule has 0 saturated heterocycles. The summed E-state index contributed by atoms with van der Waals surface area (Å²) < 4.78 is 10.4. The van der Waals surface area contributed by atoms with Crippen LogP contribution < -0.4 is 0 Å². The molecule has 2 rings (SSSR count). The smallest absolute Gasteiger partial charge is 0.123 e. The molecule has 0 bridgehead atoms. The Kier molecular flexibility index (Phi) is 5.13. The first kappa shape index (κ1) is 15.5. The Labute approximate surface area is 137 Å². The Bertz CT molecular complexity index is 577. The molecule has 1 aromatic carbocycles. The second-order valence-corrected chi connectivity index (χ2v) is 13.5. The third-order valence-electron chi connectivity index (χ3n) is 3.06. The van der Waals surface area contributed by atoms with Crippen molar-refractivity contribution in [1.29, 1.82) is 0 Å². The minimum absolute atomic E-state index is 0.642. The third kappa shape index (κ3) is 4.06. The number of ether oxygens (including phenoxy) is 1. The van der Waals surface area contributed by atoms with Crippen molar-refractivity contribution in [2.75, 3.05) is 6.61 Å². The summed E-state index contributed by atoms with van der Waals surface area (Å²) in [5, 5.41) is 1.25. The molecule has 0 aliphatic carbocycles. The second-order valence-electron chi connectivity index (χ2n) is 5.92. The van der Waals surface area contributed by atoms with E-state index >= 15 is 0 Å². The maximum Gasteiger partial charge on any atom is 0.123 e. The molecule has 0 atom stereocenters. The minimum atomic E-state index is -0.999. The molecule has 5 heteroatoms. The molecule has 0 spiro atoms. The molecule has 0 radical (unpaired) electrons. The van der Waals surface area contributed by atoms with Crippen LogP contribution >= 0.6 is 38.5 Å². The van der Waals surface area contributed by atoms with Crippen molar-refractivity contribution in [3.8, 4) is 0 Å².